The van der Waals surface area contributed by atoms with Crippen LogP contribution in [0.5, 0.6) is 5.75 Å². The molecule has 0 fully saturated rings. The summed E-state index contributed by atoms with van der Waals surface area (Å²) in [6.07, 6.45) is 0.0860. The molecule has 0 amide bonds. The van der Waals surface area contributed by atoms with Crippen molar-refractivity contribution in [2.45, 2.75) is 12.5 Å². The Balaban J connectivity index is 2.31. The Bertz CT molecular complexity index is 546. The number of phenolic OH excluding ortho intramolecular Hbond substituents is 1. The van der Waals surface area contributed by atoms with Crippen LogP contribution in [0.1, 0.15) is 15.9 Å². The van der Waals surface area contributed by atoms with Crippen LogP contribution in [0.25, 0.3) is 0 Å². The molecule has 1 N–H and O–H groups in total. The molecule has 1 unspecified atom stereocenters. The molecule has 0 saturated carbocycles. The van der Waals surface area contributed by atoms with Crippen molar-refractivity contribution in [2.24, 2.45) is 0 Å². The van der Waals surface area contributed by atoms with Crippen molar-refractivity contribution in [3.05, 3.63) is 29.3 Å². The number of hydrogen-bond acceptors (Lipinski definition) is 5. The Morgan fingerprint density at radius 2 is 2.12 bits per heavy atom. The molecule has 0 aromatic heterocycles. The lowest BCUT2D eigenvalue weighted by atomic mass is 10.1. The van der Waals surface area contributed by atoms with Crippen molar-refractivity contribution in [2.75, 3.05) is 6.26 Å². The van der Waals surface area contributed by atoms with Crippen LogP contribution in [0.2, 0.25) is 0 Å². The van der Waals surface area contributed by atoms with Crippen LogP contribution in [0, 0.1) is 0 Å². The number of ketones is 1. The van der Waals surface area contributed by atoms with Gasteiger partial charge in [-0.25, -0.2) is 0 Å². The third-order valence-corrected chi connectivity index (χ3v) is 2.92. The van der Waals surface area contributed by atoms with E-state index < -0.39 is 16.2 Å². The summed E-state index contributed by atoms with van der Waals surface area (Å²) in [4.78, 5) is 11.7. The van der Waals surface area contributed by atoms with Gasteiger partial charge in [0, 0.05) is 12.0 Å². The van der Waals surface area contributed by atoms with Gasteiger partial charge in [0.1, 0.15) is 11.9 Å². The largest absolute Gasteiger partial charge is 0.508 e. The summed E-state index contributed by atoms with van der Waals surface area (Å²) in [6, 6.07) is 4.30. The standard InChI is InChI=1S/C10H10O5S/c1-16(13,14)15-9-5-6-4-7(11)2-3-8(6)10(9)12/h2-4,9,11H,5H2,1H3. The minimum absolute atomic E-state index is 0.0477. The molecule has 2 rings (SSSR count). The van der Waals surface area contributed by atoms with E-state index in [4.69, 9.17) is 0 Å². The minimum atomic E-state index is -3.65. The van der Waals surface area contributed by atoms with Crippen molar-refractivity contribution in [3.63, 3.8) is 0 Å². The smallest absolute Gasteiger partial charge is 0.265 e. The van der Waals surface area contributed by atoms with E-state index in [0.29, 0.717) is 11.1 Å². The van der Waals surface area contributed by atoms with Crippen LogP contribution < -0.4 is 0 Å². The lowest BCUT2D eigenvalue weighted by Gasteiger charge is -2.06. The first-order valence-electron chi connectivity index (χ1n) is 4.61. The van der Waals surface area contributed by atoms with Crippen molar-refractivity contribution in [3.8, 4) is 5.75 Å². The molecular weight excluding hydrogens is 232 g/mol. The molecular formula is C10H10O5S. The highest BCUT2D eigenvalue weighted by molar-refractivity contribution is 7.86. The number of phenols is 1. The molecule has 5 nitrogen and oxygen atoms in total. The van der Waals surface area contributed by atoms with E-state index in [-0.39, 0.29) is 18.0 Å². The van der Waals surface area contributed by atoms with E-state index in [1.165, 1.54) is 18.2 Å². The highest BCUT2D eigenvalue weighted by atomic mass is 32.2. The minimum Gasteiger partial charge on any atom is -0.508 e. The van der Waals surface area contributed by atoms with Crippen LogP contribution in [0.15, 0.2) is 18.2 Å². The van der Waals surface area contributed by atoms with Gasteiger partial charge in [-0.05, 0) is 23.8 Å². The zero-order valence-corrected chi connectivity index (χ0v) is 9.32. The molecule has 0 saturated heterocycles. The van der Waals surface area contributed by atoms with E-state index >= 15 is 0 Å². The van der Waals surface area contributed by atoms with Crippen LogP contribution in [-0.4, -0.2) is 31.7 Å². The molecule has 0 bridgehead atoms. The SMILES string of the molecule is CS(=O)(=O)OC1Cc2cc(O)ccc2C1=O. The molecule has 1 aliphatic rings. The van der Waals surface area contributed by atoms with Crippen molar-refractivity contribution < 1.29 is 22.5 Å². The number of carbonyl (C=O) groups excluding carboxylic acids is 1. The van der Waals surface area contributed by atoms with Gasteiger partial charge in [0.2, 0.25) is 0 Å². The second-order valence-electron chi connectivity index (χ2n) is 3.70. The fourth-order valence-corrected chi connectivity index (χ4v) is 2.32. The zero-order chi connectivity index (χ0) is 11.9. The first-order chi connectivity index (χ1) is 7.37. The van der Waals surface area contributed by atoms with Crippen LogP contribution >= 0.6 is 0 Å². The molecule has 0 aliphatic heterocycles. The zero-order valence-electron chi connectivity index (χ0n) is 8.50. The normalized spacial score (nSPS) is 19.8. The number of rotatable bonds is 2. The molecule has 1 atom stereocenters. The van der Waals surface area contributed by atoms with Crippen LogP contribution in [0.4, 0.5) is 0 Å². The first-order valence-corrected chi connectivity index (χ1v) is 6.43. The monoisotopic (exact) mass is 242 g/mol. The van der Waals surface area contributed by atoms with Gasteiger partial charge in [-0.1, -0.05) is 0 Å². The first kappa shape index (κ1) is 11.1. The van der Waals surface area contributed by atoms with Gasteiger partial charge < -0.3 is 5.11 Å². The summed E-state index contributed by atoms with van der Waals surface area (Å²) >= 11 is 0. The van der Waals surface area contributed by atoms with Gasteiger partial charge >= 0.3 is 0 Å². The molecule has 86 valence electrons. The Morgan fingerprint density at radius 1 is 1.44 bits per heavy atom. The van der Waals surface area contributed by atoms with Gasteiger partial charge in [0.25, 0.3) is 10.1 Å². The maximum absolute atomic E-state index is 11.7. The molecule has 1 aliphatic carbocycles. The lowest BCUT2D eigenvalue weighted by Crippen LogP contribution is -2.23. The van der Waals surface area contributed by atoms with Crippen LogP contribution in [-0.2, 0) is 20.7 Å². The maximum atomic E-state index is 11.7. The fourth-order valence-electron chi connectivity index (χ4n) is 1.74. The Morgan fingerprint density at radius 3 is 2.75 bits per heavy atom. The quantitative estimate of drug-likeness (QED) is 0.763. The number of hydrogen-bond donors (Lipinski definition) is 1. The summed E-state index contributed by atoms with van der Waals surface area (Å²) in [5.74, 6) is -0.313. The molecule has 6 heteroatoms. The summed E-state index contributed by atoms with van der Waals surface area (Å²) < 4.78 is 26.5. The van der Waals surface area contributed by atoms with Gasteiger partial charge in [0.05, 0.1) is 6.26 Å². The summed E-state index contributed by atoms with van der Waals surface area (Å²) in [6.45, 7) is 0. The van der Waals surface area contributed by atoms with Crippen LogP contribution in [0.3, 0.4) is 0 Å². The van der Waals surface area contributed by atoms with Crippen molar-refractivity contribution >= 4 is 15.9 Å². The Labute approximate surface area is 92.8 Å². The van der Waals surface area contributed by atoms with Gasteiger partial charge in [-0.3, -0.25) is 8.98 Å². The van der Waals surface area contributed by atoms with E-state index in [1.54, 1.807) is 0 Å². The average Bonchev–Trinajstić information content (AvgIpc) is 2.40. The topological polar surface area (TPSA) is 80.7 Å². The number of fused-ring (bicyclic) bond motifs is 1. The summed E-state index contributed by atoms with van der Waals surface area (Å²) in [7, 11) is -3.65. The molecule has 1 aromatic rings. The molecule has 0 radical (unpaired) electrons. The number of Topliss-reactive ketones (excluding diaryl/α,β-unsaturated/α-hetero) is 1. The number of benzene rings is 1. The molecule has 16 heavy (non-hydrogen) atoms. The predicted octanol–water partition coefficient (Wildman–Crippen LogP) is 0.476. The van der Waals surface area contributed by atoms with Gasteiger partial charge in [-0.2, -0.15) is 8.42 Å². The highest BCUT2D eigenvalue weighted by Gasteiger charge is 2.33. The highest BCUT2D eigenvalue weighted by Crippen LogP contribution is 2.27. The Kier molecular flexibility index (Phi) is 2.47. The molecule has 1 aromatic carbocycles. The fraction of sp³-hybridized carbons (Fsp3) is 0.300. The summed E-state index contributed by atoms with van der Waals surface area (Å²) in [5.41, 5.74) is 1.02. The maximum Gasteiger partial charge on any atom is 0.265 e. The number of aromatic hydroxyl groups is 1. The van der Waals surface area contributed by atoms with Crippen molar-refractivity contribution in [1.29, 1.82) is 0 Å². The van der Waals surface area contributed by atoms with Crippen molar-refractivity contribution in [1.82, 2.24) is 0 Å². The third kappa shape index (κ3) is 2.07. The summed E-state index contributed by atoms with van der Waals surface area (Å²) in [5, 5.41) is 9.23. The predicted molar refractivity (Wildman–Crippen MR) is 55.9 cm³/mol. The second kappa shape index (κ2) is 3.57. The Hall–Kier alpha value is -1.40. The van der Waals surface area contributed by atoms with Gasteiger partial charge in [-0.15, -0.1) is 0 Å². The van der Waals surface area contributed by atoms with E-state index in [1.807, 2.05) is 0 Å². The van der Waals surface area contributed by atoms with E-state index in [9.17, 15) is 18.3 Å². The third-order valence-electron chi connectivity index (χ3n) is 2.34. The average molecular weight is 242 g/mol. The number of carbonyl (C=O) groups is 1. The molecule has 0 heterocycles. The van der Waals surface area contributed by atoms with E-state index in [2.05, 4.69) is 4.18 Å². The molecule has 0 spiro atoms. The lowest BCUT2D eigenvalue weighted by molar-refractivity contribution is 0.0831. The van der Waals surface area contributed by atoms with E-state index in [0.717, 1.165) is 6.26 Å². The second-order valence-corrected chi connectivity index (χ2v) is 5.30. The van der Waals surface area contributed by atoms with Gasteiger partial charge in [0.15, 0.2) is 5.78 Å².